The molecule has 12 aromatic carbocycles. The Balaban J connectivity index is 0.000000128. The summed E-state index contributed by atoms with van der Waals surface area (Å²) in [5, 5.41) is 11.2. The summed E-state index contributed by atoms with van der Waals surface area (Å²) >= 11 is 2.26. The zero-order chi connectivity index (χ0) is 96.7. The lowest BCUT2D eigenvalue weighted by Crippen LogP contribution is -2.21. The number of nitrogen functional groups attached to an aromatic ring is 4. The van der Waals surface area contributed by atoms with Gasteiger partial charge in [-0.15, -0.1) is 0 Å². The van der Waals surface area contributed by atoms with E-state index >= 15 is 0 Å². The highest BCUT2D eigenvalue weighted by Crippen LogP contribution is 2.41. The molecule has 20 nitrogen and oxygen atoms in total. The normalized spacial score (nSPS) is 12.3. The van der Waals surface area contributed by atoms with Crippen LogP contribution < -0.4 is 44.2 Å². The van der Waals surface area contributed by atoms with Gasteiger partial charge in [0.1, 0.15) is 22.8 Å². The Morgan fingerprint density at radius 3 is 0.899 bits per heavy atom. The highest BCUT2D eigenvalue weighted by atomic mass is 127. The van der Waals surface area contributed by atoms with Crippen LogP contribution in [-0.2, 0) is 85.0 Å². The molecule has 4 aromatic heterocycles. The molecule has 0 bridgehead atoms. The standard InChI is InChI=1S/C28H19F5N4O.C28H22F2N4O.C28H23IN4O.C27H22N4O/c29-22-18(23(30)25(32)26(33)24(22)31)13-21(38)37-28-20(10-6-14-4-2-1-3-5-14)35-27-17-9-8-16(34)12-15(17)7-11-19(27)36-28;29-22-11-6-18(14-23(22)30)15-26(35)34-28-25(12-7-17-4-2-1-3-5-17)32-27-21-10-9-20(31)16-19(21)8-13-24(27)33-28;29-21-10-6-19(7-11-21)16-26(34)33-28-25(14-8-18-4-2-1-3-5-18)31-27-23-13-12-22(30)17-20(23)9-15-24(27)32-28;28-21-13-14-22-20(17-21)12-16-23-25(22)29-24(15-11-18-7-3-1-4-8-18)26(30-23)31-27(32)19-9-5-2-6-10-19/h1-6,8-10,12H,7,11,13,34H2,(H,36,37,38);1-7,9-12,14,16H,8,13,15,31H2,(H,33,34,35);1-8,10-14,17H,9,15-16,30H2,(H,32,33,34);1-11,13-15,17H,12,16,28H2,(H,30,31,32)/b10-6+;12-7+;14-8+;15-11+. The molecule has 139 heavy (non-hydrogen) atoms. The van der Waals surface area contributed by atoms with Gasteiger partial charge in [-0.25, -0.2) is 70.6 Å². The monoisotopic (exact) mass is 1970 g/mol. The summed E-state index contributed by atoms with van der Waals surface area (Å²) in [5.41, 5.74) is 47.7. The van der Waals surface area contributed by atoms with E-state index in [0.29, 0.717) is 87.7 Å². The van der Waals surface area contributed by atoms with Gasteiger partial charge in [0, 0.05) is 59.7 Å². The maximum absolute atomic E-state index is 14.1. The molecule has 0 atom stereocenters. The van der Waals surface area contributed by atoms with Crippen LogP contribution in [0.3, 0.4) is 0 Å². The molecule has 0 radical (unpaired) electrons. The molecule has 690 valence electrons. The van der Waals surface area contributed by atoms with E-state index in [1.165, 1.54) is 17.2 Å². The molecule has 0 unspecified atom stereocenters. The van der Waals surface area contributed by atoms with Crippen molar-refractivity contribution >= 4 is 141 Å². The summed E-state index contributed by atoms with van der Waals surface area (Å²) in [6.07, 6.45) is 19.6. The molecule has 0 fully saturated rings. The third-order valence-electron chi connectivity index (χ3n) is 23.3. The number of aryl methyl sites for hydroxylation is 8. The number of anilines is 8. The average molecular weight is 1970 g/mol. The molecule has 0 saturated carbocycles. The second kappa shape index (κ2) is 42.9. The number of carbonyl (C=O) groups excluding carboxylic acids is 4. The summed E-state index contributed by atoms with van der Waals surface area (Å²) in [4.78, 5) is 89.7. The van der Waals surface area contributed by atoms with Crippen molar-refractivity contribution in [1.82, 2.24) is 39.9 Å². The Morgan fingerprint density at radius 2 is 0.576 bits per heavy atom. The van der Waals surface area contributed by atoms with Crippen molar-refractivity contribution in [3.05, 3.63) is 424 Å². The van der Waals surface area contributed by atoms with Crippen LogP contribution in [0, 0.1) is 44.3 Å². The number of benzene rings is 12. The minimum atomic E-state index is -2.29. The maximum atomic E-state index is 14.1. The van der Waals surface area contributed by atoms with Crippen LogP contribution in [0.4, 0.5) is 76.8 Å². The average Bonchev–Trinajstić information content (AvgIpc) is 0.777. The lowest BCUT2D eigenvalue weighted by atomic mass is 9.91. The van der Waals surface area contributed by atoms with Gasteiger partial charge in [0.05, 0.1) is 64.8 Å². The van der Waals surface area contributed by atoms with E-state index in [4.69, 9.17) is 57.8 Å². The number of nitrogens with two attached hydrogens (primary N) is 4. The number of nitrogens with one attached hydrogen (secondary N) is 4. The van der Waals surface area contributed by atoms with E-state index in [9.17, 15) is 49.9 Å². The molecule has 0 aliphatic heterocycles. The number of amides is 4. The number of fused-ring (bicyclic) bond motifs is 12. The molecule has 0 spiro atoms. The fourth-order valence-corrected chi connectivity index (χ4v) is 16.7. The van der Waals surface area contributed by atoms with Gasteiger partial charge in [-0.1, -0.05) is 206 Å². The molecular weight excluding hydrogens is 1880 g/mol. The molecule has 4 aliphatic rings. The second-order valence-corrected chi connectivity index (χ2v) is 34.3. The molecule has 12 N–H and O–H groups in total. The van der Waals surface area contributed by atoms with Crippen LogP contribution in [0.1, 0.15) is 117 Å². The maximum Gasteiger partial charge on any atom is 0.256 e. The Kier molecular flexibility index (Phi) is 29.0. The Morgan fingerprint density at radius 1 is 0.288 bits per heavy atom. The first-order chi connectivity index (χ1) is 67.4. The summed E-state index contributed by atoms with van der Waals surface area (Å²) in [6.45, 7) is 0. The van der Waals surface area contributed by atoms with Crippen LogP contribution in [-0.4, -0.2) is 63.5 Å². The predicted octanol–water partition coefficient (Wildman–Crippen LogP) is 22.4. The van der Waals surface area contributed by atoms with Crippen molar-refractivity contribution in [3.8, 4) is 45.0 Å². The zero-order valence-corrected chi connectivity index (χ0v) is 76.5. The van der Waals surface area contributed by atoms with E-state index in [-0.39, 0.29) is 36.2 Å². The molecule has 4 heterocycles. The molecule has 0 saturated heterocycles. The number of hydrogen-bond acceptors (Lipinski definition) is 16. The van der Waals surface area contributed by atoms with Gasteiger partial charge in [0.25, 0.3) is 5.91 Å². The highest BCUT2D eigenvalue weighted by molar-refractivity contribution is 14.1. The Bertz CT molecular complexity index is 7500. The number of aromatic nitrogens is 8. The predicted molar refractivity (Wildman–Crippen MR) is 542 cm³/mol. The van der Waals surface area contributed by atoms with Crippen molar-refractivity contribution < 1.29 is 49.9 Å². The Labute approximate surface area is 808 Å². The smallest absolute Gasteiger partial charge is 0.256 e. The van der Waals surface area contributed by atoms with Gasteiger partial charge < -0.3 is 44.2 Å². The van der Waals surface area contributed by atoms with Crippen LogP contribution >= 0.6 is 22.6 Å². The van der Waals surface area contributed by atoms with E-state index < -0.39 is 64.5 Å². The molecular formula is C111H86F7IN16O4. The number of nitrogens with zero attached hydrogens (tertiary/aromatic N) is 8. The highest BCUT2D eigenvalue weighted by Gasteiger charge is 2.31. The van der Waals surface area contributed by atoms with Gasteiger partial charge in [-0.05, 0) is 239 Å². The van der Waals surface area contributed by atoms with Gasteiger partial charge in [-0.3, -0.25) is 19.2 Å². The largest absolute Gasteiger partial charge is 0.399 e. The molecule has 4 aliphatic carbocycles. The summed E-state index contributed by atoms with van der Waals surface area (Å²) < 4.78 is 96.8. The molecule has 16 aromatic rings. The topological polar surface area (TPSA) is 324 Å². The fraction of sp³-hybridized carbons (Fsp3) is 0.0991. The van der Waals surface area contributed by atoms with Crippen LogP contribution in [0.15, 0.2) is 267 Å². The van der Waals surface area contributed by atoms with Gasteiger partial charge in [0.15, 0.2) is 58.2 Å². The third kappa shape index (κ3) is 22.9. The summed E-state index contributed by atoms with van der Waals surface area (Å²) in [5.74, 6) is -13.1. The zero-order valence-electron chi connectivity index (χ0n) is 74.3. The summed E-state index contributed by atoms with van der Waals surface area (Å²) in [7, 11) is 0. The first kappa shape index (κ1) is 94.0. The van der Waals surface area contributed by atoms with Crippen LogP contribution in [0.5, 0.6) is 0 Å². The summed E-state index contributed by atoms with van der Waals surface area (Å²) in [6, 6.07) is 82.4. The van der Waals surface area contributed by atoms with E-state index in [1.54, 1.807) is 36.4 Å². The SMILES string of the molecule is Nc1ccc2c(c1)CCc1nc(NC(=O)Cc3c(F)c(F)c(F)c(F)c3F)c(/C=C/c3ccccc3)nc1-2.Nc1ccc2c(c1)CCc1nc(NC(=O)Cc3ccc(F)c(F)c3)c(/C=C/c3ccccc3)nc1-2.Nc1ccc2c(c1)CCc1nc(NC(=O)Cc3ccc(I)cc3)c(/C=C/c3ccccc3)nc1-2.Nc1ccc2c(c1)CCc1nc(NC(=O)c3ccccc3)c(/C=C/c3ccccc3)nc1-2. The van der Waals surface area contributed by atoms with E-state index in [1.807, 2.05) is 261 Å². The minimum absolute atomic E-state index is 0.0105. The Hall–Kier alpha value is -16.8. The second-order valence-electron chi connectivity index (χ2n) is 33.1. The van der Waals surface area contributed by atoms with Gasteiger partial charge in [-0.2, -0.15) is 0 Å². The molecule has 28 heteroatoms. The lowest BCUT2D eigenvalue weighted by molar-refractivity contribution is -0.116. The van der Waals surface area contributed by atoms with Crippen LogP contribution in [0.25, 0.3) is 93.6 Å². The number of halogens is 8. The molecule has 4 amide bonds. The van der Waals surface area contributed by atoms with Crippen molar-refractivity contribution in [2.75, 3.05) is 44.2 Å². The van der Waals surface area contributed by atoms with Crippen molar-refractivity contribution in [2.45, 2.75) is 70.6 Å². The number of rotatable bonds is 19. The third-order valence-corrected chi connectivity index (χ3v) is 24.0. The van der Waals surface area contributed by atoms with E-state index in [0.717, 1.165) is 155 Å². The van der Waals surface area contributed by atoms with Crippen molar-refractivity contribution in [2.24, 2.45) is 0 Å². The van der Waals surface area contributed by atoms with Crippen LogP contribution in [0.2, 0.25) is 0 Å². The first-order valence-corrected chi connectivity index (χ1v) is 45.5. The first-order valence-electron chi connectivity index (χ1n) is 44.5. The van der Waals surface area contributed by atoms with E-state index in [2.05, 4.69) is 48.8 Å². The quantitative estimate of drug-likeness (QED) is 0.0123. The fourth-order valence-electron chi connectivity index (χ4n) is 16.4. The van der Waals surface area contributed by atoms with Crippen molar-refractivity contribution in [3.63, 3.8) is 0 Å². The van der Waals surface area contributed by atoms with Crippen molar-refractivity contribution in [1.29, 1.82) is 0 Å². The number of carbonyl (C=O) groups is 4. The van der Waals surface area contributed by atoms with Gasteiger partial charge in [0.2, 0.25) is 23.5 Å². The van der Waals surface area contributed by atoms with Gasteiger partial charge >= 0.3 is 0 Å². The minimum Gasteiger partial charge on any atom is -0.399 e. The lowest BCUT2D eigenvalue weighted by Gasteiger charge is -2.20. The molecule has 20 rings (SSSR count). The number of hydrogen-bond donors (Lipinski definition) is 8.